The number of rotatable bonds is 2. The number of furan rings is 1. The molecule has 0 unspecified atom stereocenters. The summed E-state index contributed by atoms with van der Waals surface area (Å²) in [5.74, 6) is 1.65. The van der Waals surface area contributed by atoms with Crippen LogP contribution in [0.2, 0.25) is 0 Å². The summed E-state index contributed by atoms with van der Waals surface area (Å²) in [7, 11) is 0. The Morgan fingerprint density at radius 3 is 3.00 bits per heavy atom. The van der Waals surface area contributed by atoms with Crippen molar-refractivity contribution in [3.63, 3.8) is 0 Å². The van der Waals surface area contributed by atoms with Crippen LogP contribution in [-0.2, 0) is 13.1 Å². The zero-order valence-corrected chi connectivity index (χ0v) is 12.2. The normalized spacial score (nSPS) is 14.8. The minimum atomic E-state index is -0.332. The van der Waals surface area contributed by atoms with Crippen LogP contribution in [0.1, 0.15) is 16.9 Å². The van der Waals surface area contributed by atoms with Crippen molar-refractivity contribution in [2.75, 3.05) is 6.73 Å². The van der Waals surface area contributed by atoms with Crippen molar-refractivity contribution in [1.29, 1.82) is 0 Å². The first-order valence-corrected chi connectivity index (χ1v) is 7.14. The lowest BCUT2D eigenvalue weighted by Crippen LogP contribution is -2.31. The van der Waals surface area contributed by atoms with E-state index in [0.717, 1.165) is 28.0 Å². The van der Waals surface area contributed by atoms with Gasteiger partial charge in [0.1, 0.15) is 23.8 Å². The SMILES string of the molecule is Cc1cc(=O)oc2c3c(ccc12)OCN(Cc1ccco1)C3. The molecule has 1 aliphatic heterocycles. The summed E-state index contributed by atoms with van der Waals surface area (Å²) in [5.41, 5.74) is 2.11. The molecule has 0 saturated heterocycles. The maximum Gasteiger partial charge on any atom is 0.336 e. The summed E-state index contributed by atoms with van der Waals surface area (Å²) in [4.78, 5) is 13.8. The first-order valence-electron chi connectivity index (χ1n) is 7.14. The predicted octanol–water partition coefficient (Wildman–Crippen LogP) is 3.05. The van der Waals surface area contributed by atoms with Gasteiger partial charge in [0.2, 0.25) is 0 Å². The Kier molecular flexibility index (Phi) is 3.01. The number of hydrogen-bond acceptors (Lipinski definition) is 5. The van der Waals surface area contributed by atoms with E-state index in [1.54, 1.807) is 6.26 Å². The van der Waals surface area contributed by atoms with Crippen LogP contribution < -0.4 is 10.4 Å². The highest BCUT2D eigenvalue weighted by molar-refractivity contribution is 5.85. The number of hydrogen-bond donors (Lipinski definition) is 0. The first-order chi connectivity index (χ1) is 10.7. The molecule has 0 spiro atoms. The maximum absolute atomic E-state index is 11.7. The van der Waals surface area contributed by atoms with Crippen molar-refractivity contribution in [3.05, 3.63) is 63.9 Å². The van der Waals surface area contributed by atoms with Gasteiger partial charge < -0.3 is 13.6 Å². The van der Waals surface area contributed by atoms with Gasteiger partial charge in [-0.25, -0.2) is 4.79 Å². The van der Waals surface area contributed by atoms with E-state index in [-0.39, 0.29) is 5.63 Å². The molecule has 0 aliphatic carbocycles. The largest absolute Gasteiger partial charge is 0.478 e. The molecule has 0 radical (unpaired) electrons. The summed E-state index contributed by atoms with van der Waals surface area (Å²) < 4.78 is 16.6. The third kappa shape index (κ3) is 2.19. The van der Waals surface area contributed by atoms with Gasteiger partial charge in [-0.3, -0.25) is 4.90 Å². The van der Waals surface area contributed by atoms with E-state index in [4.69, 9.17) is 13.6 Å². The lowest BCUT2D eigenvalue weighted by Gasteiger charge is -2.28. The average molecular weight is 297 g/mol. The Balaban J connectivity index is 1.76. The molecule has 22 heavy (non-hydrogen) atoms. The third-order valence-corrected chi connectivity index (χ3v) is 3.92. The number of fused-ring (bicyclic) bond motifs is 3. The van der Waals surface area contributed by atoms with Crippen molar-refractivity contribution in [1.82, 2.24) is 4.90 Å². The zero-order valence-electron chi connectivity index (χ0n) is 12.2. The molecule has 0 bridgehead atoms. The maximum atomic E-state index is 11.7. The molecule has 0 saturated carbocycles. The lowest BCUT2D eigenvalue weighted by atomic mass is 10.0. The fourth-order valence-corrected chi connectivity index (χ4v) is 2.86. The molecule has 2 aromatic heterocycles. The average Bonchev–Trinajstić information content (AvgIpc) is 3.00. The topological polar surface area (TPSA) is 55.8 Å². The van der Waals surface area contributed by atoms with E-state index in [1.165, 1.54) is 6.07 Å². The van der Waals surface area contributed by atoms with Crippen LogP contribution in [0, 0.1) is 6.92 Å². The summed E-state index contributed by atoms with van der Waals surface area (Å²) in [5, 5.41) is 0.946. The Bertz CT molecular complexity index is 880. The molecule has 5 nitrogen and oxygen atoms in total. The standard InChI is InChI=1S/C17H15NO4/c1-11-7-16(19)22-17-13(11)4-5-15-14(17)9-18(10-21-15)8-12-3-2-6-20-12/h2-7H,8-10H2,1H3. The smallest absolute Gasteiger partial charge is 0.336 e. The highest BCUT2D eigenvalue weighted by Gasteiger charge is 2.22. The zero-order chi connectivity index (χ0) is 15.1. The monoisotopic (exact) mass is 297 g/mol. The highest BCUT2D eigenvalue weighted by Crippen LogP contribution is 2.33. The van der Waals surface area contributed by atoms with E-state index >= 15 is 0 Å². The van der Waals surface area contributed by atoms with Crippen LogP contribution in [0.15, 0.2) is 50.2 Å². The van der Waals surface area contributed by atoms with Crippen LogP contribution in [0.3, 0.4) is 0 Å². The van der Waals surface area contributed by atoms with Gasteiger partial charge in [-0.05, 0) is 36.8 Å². The quantitative estimate of drug-likeness (QED) is 0.680. The Morgan fingerprint density at radius 1 is 1.27 bits per heavy atom. The minimum absolute atomic E-state index is 0.332. The molecule has 112 valence electrons. The van der Waals surface area contributed by atoms with E-state index in [1.807, 2.05) is 31.2 Å². The van der Waals surface area contributed by atoms with Gasteiger partial charge in [-0.1, -0.05) is 0 Å². The van der Waals surface area contributed by atoms with Crippen LogP contribution in [0.25, 0.3) is 11.0 Å². The van der Waals surface area contributed by atoms with Gasteiger partial charge in [0.15, 0.2) is 0 Å². The second-order valence-electron chi connectivity index (χ2n) is 5.51. The van der Waals surface area contributed by atoms with Crippen LogP contribution >= 0.6 is 0 Å². The van der Waals surface area contributed by atoms with Crippen molar-refractivity contribution in [2.45, 2.75) is 20.0 Å². The molecule has 0 N–H and O–H groups in total. The van der Waals surface area contributed by atoms with Crippen LogP contribution in [0.4, 0.5) is 0 Å². The number of nitrogens with zero attached hydrogens (tertiary/aromatic N) is 1. The second-order valence-corrected chi connectivity index (χ2v) is 5.51. The fraction of sp³-hybridized carbons (Fsp3) is 0.235. The molecule has 1 aromatic carbocycles. The van der Waals surface area contributed by atoms with Crippen molar-refractivity contribution in [3.8, 4) is 5.75 Å². The van der Waals surface area contributed by atoms with Crippen molar-refractivity contribution in [2.24, 2.45) is 0 Å². The van der Waals surface area contributed by atoms with Crippen LogP contribution in [-0.4, -0.2) is 11.6 Å². The molecule has 1 aliphatic rings. The van der Waals surface area contributed by atoms with Gasteiger partial charge >= 0.3 is 5.63 Å². The number of benzene rings is 1. The fourth-order valence-electron chi connectivity index (χ4n) is 2.86. The van der Waals surface area contributed by atoms with E-state index in [2.05, 4.69) is 4.90 Å². The van der Waals surface area contributed by atoms with Crippen molar-refractivity contribution >= 4 is 11.0 Å². The summed E-state index contributed by atoms with van der Waals surface area (Å²) >= 11 is 0. The van der Waals surface area contributed by atoms with Gasteiger partial charge in [-0.15, -0.1) is 0 Å². The number of ether oxygens (including phenoxy) is 1. The van der Waals surface area contributed by atoms with Gasteiger partial charge in [-0.2, -0.15) is 0 Å². The Labute approximate surface area is 126 Å². The second kappa shape index (κ2) is 5.03. The molecule has 0 atom stereocenters. The van der Waals surface area contributed by atoms with Crippen LogP contribution in [0.5, 0.6) is 5.75 Å². The Hall–Kier alpha value is -2.53. The molecule has 5 heteroatoms. The van der Waals surface area contributed by atoms with Gasteiger partial charge in [0.25, 0.3) is 0 Å². The first kappa shape index (κ1) is 13.2. The molecule has 0 fully saturated rings. The Morgan fingerprint density at radius 2 is 2.18 bits per heavy atom. The van der Waals surface area contributed by atoms with Gasteiger partial charge in [0, 0.05) is 18.0 Å². The highest BCUT2D eigenvalue weighted by atomic mass is 16.5. The van der Waals surface area contributed by atoms with E-state index in [9.17, 15) is 4.79 Å². The van der Waals surface area contributed by atoms with E-state index in [0.29, 0.717) is 25.4 Å². The van der Waals surface area contributed by atoms with Gasteiger partial charge in [0.05, 0.1) is 18.4 Å². The summed E-state index contributed by atoms with van der Waals surface area (Å²) in [6, 6.07) is 9.19. The van der Waals surface area contributed by atoms with Crippen molar-refractivity contribution < 1.29 is 13.6 Å². The lowest BCUT2D eigenvalue weighted by molar-refractivity contribution is 0.0826. The molecule has 0 amide bonds. The number of aryl methyl sites for hydroxylation is 1. The predicted molar refractivity (Wildman–Crippen MR) is 80.7 cm³/mol. The molecule has 4 rings (SSSR count). The molecular weight excluding hydrogens is 282 g/mol. The molecule has 3 heterocycles. The van der Waals surface area contributed by atoms with E-state index < -0.39 is 0 Å². The third-order valence-electron chi connectivity index (χ3n) is 3.92. The summed E-state index contributed by atoms with van der Waals surface area (Å²) in [6.45, 7) is 3.70. The molecule has 3 aromatic rings. The minimum Gasteiger partial charge on any atom is -0.478 e. The summed E-state index contributed by atoms with van der Waals surface area (Å²) in [6.07, 6.45) is 1.66. The molecular formula is C17H15NO4.